The van der Waals surface area contributed by atoms with Crippen LogP contribution < -0.4 is 5.11 Å². The van der Waals surface area contributed by atoms with Crippen molar-refractivity contribution < 1.29 is 33.8 Å². The topological polar surface area (TPSA) is 123 Å². The van der Waals surface area contributed by atoms with Gasteiger partial charge in [-0.05, 0) is 0 Å². The van der Waals surface area contributed by atoms with E-state index < -0.39 is 11.9 Å². The highest BCUT2D eigenvalue weighted by Crippen LogP contribution is 2.02. The number of carbonyl (C=O) groups excluding carboxylic acids is 4. The van der Waals surface area contributed by atoms with E-state index in [0.29, 0.717) is 52.4 Å². The molecule has 0 spiro atoms. The van der Waals surface area contributed by atoms with E-state index in [9.17, 15) is 24.3 Å². The smallest absolute Gasteiger partial charge is 0.319 e. The van der Waals surface area contributed by atoms with Crippen molar-refractivity contribution in [2.75, 3.05) is 86.2 Å². The highest BCUT2D eigenvalue weighted by Gasteiger charge is 2.20. The van der Waals surface area contributed by atoms with E-state index in [0.717, 1.165) is 0 Å². The minimum absolute atomic E-state index is 0.0568. The molecule has 0 aliphatic carbocycles. The van der Waals surface area contributed by atoms with Gasteiger partial charge in [0, 0.05) is 65.8 Å². The van der Waals surface area contributed by atoms with Crippen LogP contribution in [0.3, 0.4) is 0 Å². The summed E-state index contributed by atoms with van der Waals surface area (Å²) in [5.74, 6) is -2.10. The lowest BCUT2D eigenvalue weighted by molar-refractivity contribution is -0.306. The van der Waals surface area contributed by atoms with Crippen LogP contribution in [0.1, 0.15) is 6.92 Å². The zero-order valence-corrected chi connectivity index (χ0v) is 17.4. The van der Waals surface area contributed by atoms with Gasteiger partial charge in [0.2, 0.25) is 5.91 Å². The monoisotopic (exact) mass is 415 g/mol. The zero-order chi connectivity index (χ0) is 21.8. The molecule has 1 heterocycles. The molecule has 1 amide bonds. The van der Waals surface area contributed by atoms with Gasteiger partial charge < -0.3 is 24.3 Å². The molecule has 0 aromatic carbocycles. The lowest BCUT2D eigenvalue weighted by atomic mass is 10.3. The maximum Gasteiger partial charge on any atom is 0.319 e. The van der Waals surface area contributed by atoms with Gasteiger partial charge in [-0.2, -0.15) is 0 Å². The minimum Gasteiger partial charge on any atom is -0.549 e. The number of esters is 2. The number of hydrogen-bond donors (Lipinski definition) is 0. The normalized spacial score (nSPS) is 18.4. The summed E-state index contributed by atoms with van der Waals surface area (Å²) in [6.07, 6.45) is 0. The van der Waals surface area contributed by atoms with Crippen molar-refractivity contribution in [3.05, 3.63) is 0 Å². The first kappa shape index (κ1) is 24.8. The maximum absolute atomic E-state index is 11.9. The predicted molar refractivity (Wildman–Crippen MR) is 101 cm³/mol. The van der Waals surface area contributed by atoms with Crippen molar-refractivity contribution in [3.63, 3.8) is 0 Å². The number of methoxy groups -OCH3 is 2. The summed E-state index contributed by atoms with van der Waals surface area (Å²) in [5, 5.41) is 11.1. The summed E-state index contributed by atoms with van der Waals surface area (Å²) in [6.45, 7) is 4.62. The summed E-state index contributed by atoms with van der Waals surface area (Å²) in [7, 11) is 2.62. The average molecular weight is 415 g/mol. The van der Waals surface area contributed by atoms with E-state index in [1.54, 1.807) is 9.80 Å². The Morgan fingerprint density at radius 1 is 0.690 bits per heavy atom. The summed E-state index contributed by atoms with van der Waals surface area (Å²) < 4.78 is 9.48. The Morgan fingerprint density at radius 3 is 1.34 bits per heavy atom. The first-order chi connectivity index (χ1) is 13.7. The van der Waals surface area contributed by atoms with Crippen molar-refractivity contribution in [3.8, 4) is 0 Å². The van der Waals surface area contributed by atoms with Crippen LogP contribution >= 0.6 is 0 Å². The zero-order valence-electron chi connectivity index (χ0n) is 17.4. The van der Waals surface area contributed by atoms with E-state index in [4.69, 9.17) is 9.47 Å². The molecule has 0 radical (unpaired) electrons. The highest BCUT2D eigenvalue weighted by atomic mass is 16.5. The Bertz CT molecular complexity index is 572. The Morgan fingerprint density at radius 2 is 1.03 bits per heavy atom. The van der Waals surface area contributed by atoms with Crippen molar-refractivity contribution in [2.24, 2.45) is 0 Å². The Balaban J connectivity index is 2.93. The van der Waals surface area contributed by atoms with Gasteiger partial charge in [-0.3, -0.25) is 29.1 Å². The van der Waals surface area contributed by atoms with Gasteiger partial charge in [0.05, 0.1) is 33.3 Å². The number of aliphatic carboxylic acids is 1. The standard InChI is InChI=1S/C18H32N4O7/c1-15(23)22-10-8-19(12-16(24)25)4-5-20(13-17(26)28-2)6-7-21(9-11-22)14-18(27)29-3/h4-14H2,1-3H3,(H,24,25)/p-1. The van der Waals surface area contributed by atoms with E-state index >= 15 is 0 Å². The van der Waals surface area contributed by atoms with E-state index in [-0.39, 0.29) is 31.5 Å². The maximum atomic E-state index is 11.9. The molecule has 0 aromatic heterocycles. The fraction of sp³-hybridized carbons (Fsp3) is 0.778. The van der Waals surface area contributed by atoms with Crippen molar-refractivity contribution >= 4 is 23.8 Å². The molecule has 0 saturated carbocycles. The highest BCUT2D eigenvalue weighted by molar-refractivity contribution is 5.73. The van der Waals surface area contributed by atoms with Crippen LogP contribution in [0.15, 0.2) is 0 Å². The first-order valence-corrected chi connectivity index (χ1v) is 9.51. The number of rotatable bonds is 6. The van der Waals surface area contributed by atoms with Crippen LogP contribution in [-0.4, -0.2) is 130 Å². The number of hydrogen-bond acceptors (Lipinski definition) is 10. The van der Waals surface area contributed by atoms with Crippen LogP contribution in [0, 0.1) is 0 Å². The Kier molecular flexibility index (Phi) is 11.2. The molecule has 1 rings (SSSR count). The van der Waals surface area contributed by atoms with Gasteiger partial charge in [-0.15, -0.1) is 0 Å². The van der Waals surface area contributed by atoms with Crippen LogP contribution in [0.5, 0.6) is 0 Å². The van der Waals surface area contributed by atoms with E-state index in [2.05, 4.69) is 0 Å². The third kappa shape index (κ3) is 10.2. The second kappa shape index (κ2) is 13.1. The molecule has 0 unspecified atom stereocenters. The number of ether oxygens (including phenoxy) is 2. The molecule has 0 atom stereocenters. The molecule has 1 saturated heterocycles. The summed E-state index contributed by atoms with van der Waals surface area (Å²) >= 11 is 0. The van der Waals surface area contributed by atoms with Gasteiger partial charge in [0.25, 0.3) is 0 Å². The molecular weight excluding hydrogens is 384 g/mol. The molecule has 11 heteroatoms. The molecule has 0 bridgehead atoms. The number of amides is 1. The Labute approximate surface area is 171 Å². The molecule has 0 N–H and O–H groups in total. The van der Waals surface area contributed by atoms with Crippen molar-refractivity contribution in [2.45, 2.75) is 6.92 Å². The third-order valence-corrected chi connectivity index (χ3v) is 4.80. The molecule has 1 aliphatic rings. The summed E-state index contributed by atoms with van der Waals surface area (Å²) in [4.78, 5) is 53.5. The lowest BCUT2D eigenvalue weighted by Gasteiger charge is -2.33. The van der Waals surface area contributed by atoms with Gasteiger partial charge >= 0.3 is 11.9 Å². The van der Waals surface area contributed by atoms with Gasteiger partial charge in [0.1, 0.15) is 0 Å². The minimum atomic E-state index is -1.20. The van der Waals surface area contributed by atoms with Gasteiger partial charge in [-0.1, -0.05) is 0 Å². The molecular formula is C18H31N4O7-. The van der Waals surface area contributed by atoms with E-state index in [1.807, 2.05) is 9.80 Å². The second-order valence-corrected chi connectivity index (χ2v) is 6.86. The van der Waals surface area contributed by atoms with Crippen LogP contribution in [-0.2, 0) is 28.7 Å². The van der Waals surface area contributed by atoms with Crippen LogP contribution in [0.25, 0.3) is 0 Å². The van der Waals surface area contributed by atoms with Gasteiger partial charge in [0.15, 0.2) is 0 Å². The molecule has 11 nitrogen and oxygen atoms in total. The first-order valence-electron chi connectivity index (χ1n) is 9.51. The number of carboxylic acids is 1. The molecule has 29 heavy (non-hydrogen) atoms. The fourth-order valence-corrected chi connectivity index (χ4v) is 3.00. The lowest BCUT2D eigenvalue weighted by Crippen LogP contribution is -2.50. The molecule has 1 fully saturated rings. The quantitative estimate of drug-likeness (QED) is 0.411. The number of carbonyl (C=O) groups is 4. The van der Waals surface area contributed by atoms with Crippen molar-refractivity contribution in [1.82, 2.24) is 19.6 Å². The summed E-state index contributed by atoms with van der Waals surface area (Å²) in [6, 6.07) is 0. The van der Waals surface area contributed by atoms with Crippen LogP contribution in [0.2, 0.25) is 0 Å². The molecule has 0 aromatic rings. The predicted octanol–water partition coefficient (Wildman–Crippen LogP) is -3.15. The van der Waals surface area contributed by atoms with Crippen LogP contribution in [0.4, 0.5) is 0 Å². The number of nitrogens with zero attached hydrogens (tertiary/aromatic N) is 4. The van der Waals surface area contributed by atoms with Gasteiger partial charge in [-0.25, -0.2) is 0 Å². The largest absolute Gasteiger partial charge is 0.549 e. The third-order valence-electron chi connectivity index (χ3n) is 4.80. The second-order valence-electron chi connectivity index (χ2n) is 6.86. The Hall–Kier alpha value is -2.24. The SMILES string of the molecule is COC(=O)CN1CCN(CC(=O)[O-])CCN(C(C)=O)CCN(CC(=O)OC)CC1. The van der Waals surface area contributed by atoms with Crippen molar-refractivity contribution in [1.29, 1.82) is 0 Å². The summed E-state index contributed by atoms with van der Waals surface area (Å²) in [5.41, 5.74) is 0. The molecule has 1 aliphatic heterocycles. The van der Waals surface area contributed by atoms with E-state index in [1.165, 1.54) is 21.1 Å². The number of carboxylic acid groups (broad SMARTS) is 1. The fourth-order valence-electron chi connectivity index (χ4n) is 3.00. The molecule has 166 valence electrons. The average Bonchev–Trinajstić information content (AvgIpc) is 2.66.